The van der Waals surface area contributed by atoms with Crippen LogP contribution < -0.4 is 4.74 Å². The average molecular weight is 341 g/mol. The molecule has 0 aliphatic carbocycles. The van der Waals surface area contributed by atoms with Crippen molar-refractivity contribution in [3.05, 3.63) is 35.8 Å². The average Bonchev–Trinajstić information content (AvgIpc) is 2.58. The molecule has 2 aromatic heterocycles. The lowest BCUT2D eigenvalue weighted by atomic mass is 9.91. The molecule has 0 aliphatic heterocycles. The van der Waals surface area contributed by atoms with Crippen LogP contribution in [0.3, 0.4) is 0 Å². The first-order valence-electron chi connectivity index (χ1n) is 9.41. The zero-order valence-electron chi connectivity index (χ0n) is 16.3. The minimum absolute atomic E-state index is 0.00345. The van der Waals surface area contributed by atoms with Crippen molar-refractivity contribution in [2.75, 3.05) is 6.61 Å². The number of aryl methyl sites for hydroxylation is 1. The second-order valence-electron chi connectivity index (χ2n) is 7.51. The molecule has 0 aromatic carbocycles. The standard InChI is InChI=1S/C21H31N3O/c1-6-8-9-13-25-19-15-17(10-7-2)23-20(24-19)16-11-12-22-18(14-16)21(3,4)5/h11-12,14-15H,6-10,13H2,1-5H3. The fraction of sp³-hybridized carbons (Fsp3) is 0.571. The molecule has 2 heterocycles. The Kier molecular flexibility index (Phi) is 6.91. The molecule has 0 aliphatic rings. The van der Waals surface area contributed by atoms with Gasteiger partial charge in [0.25, 0.3) is 0 Å². The highest BCUT2D eigenvalue weighted by Crippen LogP contribution is 2.25. The van der Waals surface area contributed by atoms with E-state index in [0.29, 0.717) is 12.5 Å². The summed E-state index contributed by atoms with van der Waals surface area (Å²) in [7, 11) is 0. The summed E-state index contributed by atoms with van der Waals surface area (Å²) in [5, 5.41) is 0. The van der Waals surface area contributed by atoms with Crippen LogP contribution in [-0.4, -0.2) is 21.6 Å². The number of unbranched alkanes of at least 4 members (excludes halogenated alkanes) is 2. The largest absolute Gasteiger partial charge is 0.478 e. The van der Waals surface area contributed by atoms with E-state index in [2.05, 4.69) is 50.7 Å². The highest BCUT2D eigenvalue weighted by Gasteiger charge is 2.17. The van der Waals surface area contributed by atoms with Crippen molar-refractivity contribution < 1.29 is 4.74 Å². The molecular formula is C21H31N3O. The fourth-order valence-corrected chi connectivity index (χ4v) is 2.57. The first-order chi connectivity index (χ1) is 11.9. The van der Waals surface area contributed by atoms with Crippen LogP contribution in [0.25, 0.3) is 11.4 Å². The van der Waals surface area contributed by atoms with Gasteiger partial charge in [-0.15, -0.1) is 0 Å². The van der Waals surface area contributed by atoms with Gasteiger partial charge in [-0.1, -0.05) is 53.9 Å². The van der Waals surface area contributed by atoms with Crippen molar-refractivity contribution in [1.29, 1.82) is 0 Å². The molecule has 0 saturated heterocycles. The molecular weight excluding hydrogens is 310 g/mol. The zero-order chi connectivity index (χ0) is 18.3. The van der Waals surface area contributed by atoms with Crippen LogP contribution in [0.1, 0.15) is 71.7 Å². The summed E-state index contributed by atoms with van der Waals surface area (Å²) in [5.74, 6) is 1.41. The Balaban J connectivity index is 2.31. The molecule has 0 bridgehead atoms. The number of pyridine rings is 1. The van der Waals surface area contributed by atoms with Gasteiger partial charge < -0.3 is 4.74 Å². The number of nitrogens with zero attached hydrogens (tertiary/aromatic N) is 3. The minimum atomic E-state index is -0.00345. The second kappa shape index (κ2) is 8.93. The van der Waals surface area contributed by atoms with Gasteiger partial charge in [0, 0.05) is 34.6 Å². The zero-order valence-corrected chi connectivity index (χ0v) is 16.3. The van der Waals surface area contributed by atoms with Gasteiger partial charge in [-0.2, -0.15) is 4.98 Å². The quantitative estimate of drug-likeness (QED) is 0.607. The van der Waals surface area contributed by atoms with E-state index in [0.717, 1.165) is 42.0 Å². The lowest BCUT2D eigenvalue weighted by molar-refractivity contribution is 0.294. The van der Waals surface area contributed by atoms with E-state index in [1.54, 1.807) is 0 Å². The summed E-state index contributed by atoms with van der Waals surface area (Å²) >= 11 is 0. The monoisotopic (exact) mass is 341 g/mol. The van der Waals surface area contributed by atoms with Gasteiger partial charge >= 0.3 is 0 Å². The minimum Gasteiger partial charge on any atom is -0.478 e. The molecule has 2 rings (SSSR count). The molecule has 0 saturated carbocycles. The highest BCUT2D eigenvalue weighted by atomic mass is 16.5. The lowest BCUT2D eigenvalue weighted by Gasteiger charge is -2.18. The number of rotatable bonds is 8. The van der Waals surface area contributed by atoms with Gasteiger partial charge in [-0.25, -0.2) is 4.98 Å². The second-order valence-corrected chi connectivity index (χ2v) is 7.51. The SMILES string of the molecule is CCCCCOc1cc(CCC)nc(-c2ccnc(C(C)(C)C)c2)n1. The molecule has 0 unspecified atom stereocenters. The lowest BCUT2D eigenvalue weighted by Crippen LogP contribution is -2.13. The van der Waals surface area contributed by atoms with E-state index in [4.69, 9.17) is 9.72 Å². The molecule has 0 atom stereocenters. The van der Waals surface area contributed by atoms with E-state index in [-0.39, 0.29) is 5.41 Å². The van der Waals surface area contributed by atoms with Gasteiger partial charge in [0.2, 0.25) is 5.88 Å². The van der Waals surface area contributed by atoms with E-state index in [1.165, 1.54) is 12.8 Å². The maximum atomic E-state index is 5.89. The Morgan fingerprint density at radius 1 is 1.00 bits per heavy atom. The summed E-state index contributed by atoms with van der Waals surface area (Å²) in [6.45, 7) is 11.5. The van der Waals surface area contributed by atoms with E-state index >= 15 is 0 Å². The van der Waals surface area contributed by atoms with Crippen LogP contribution >= 0.6 is 0 Å². The smallest absolute Gasteiger partial charge is 0.217 e. The maximum Gasteiger partial charge on any atom is 0.217 e. The third-order valence-electron chi connectivity index (χ3n) is 4.05. The number of ether oxygens (including phenoxy) is 1. The van der Waals surface area contributed by atoms with Crippen molar-refractivity contribution in [2.45, 2.75) is 72.1 Å². The fourth-order valence-electron chi connectivity index (χ4n) is 2.57. The Morgan fingerprint density at radius 2 is 1.80 bits per heavy atom. The van der Waals surface area contributed by atoms with Crippen LogP contribution in [0.4, 0.5) is 0 Å². The molecule has 136 valence electrons. The Bertz CT molecular complexity index is 677. The van der Waals surface area contributed by atoms with Crippen molar-refractivity contribution in [2.24, 2.45) is 0 Å². The Hall–Kier alpha value is -1.97. The summed E-state index contributed by atoms with van der Waals surface area (Å²) in [5.41, 5.74) is 3.07. The van der Waals surface area contributed by atoms with Crippen LogP contribution in [-0.2, 0) is 11.8 Å². The molecule has 4 nitrogen and oxygen atoms in total. The van der Waals surface area contributed by atoms with E-state index in [1.807, 2.05) is 18.3 Å². The predicted octanol–water partition coefficient (Wildman–Crippen LogP) is 5.36. The summed E-state index contributed by atoms with van der Waals surface area (Å²) in [4.78, 5) is 13.9. The van der Waals surface area contributed by atoms with Crippen LogP contribution in [0.15, 0.2) is 24.4 Å². The van der Waals surface area contributed by atoms with Gasteiger partial charge in [0.1, 0.15) is 0 Å². The van der Waals surface area contributed by atoms with Crippen molar-refractivity contribution in [3.8, 4) is 17.3 Å². The van der Waals surface area contributed by atoms with Crippen LogP contribution in [0.5, 0.6) is 5.88 Å². The van der Waals surface area contributed by atoms with Gasteiger partial charge in [-0.05, 0) is 25.0 Å². The first-order valence-corrected chi connectivity index (χ1v) is 9.41. The van der Waals surface area contributed by atoms with Gasteiger partial charge in [0.05, 0.1) is 6.61 Å². The van der Waals surface area contributed by atoms with Crippen molar-refractivity contribution >= 4 is 0 Å². The number of hydrogen-bond acceptors (Lipinski definition) is 4. The topological polar surface area (TPSA) is 47.9 Å². The molecule has 0 amide bonds. The summed E-state index contributed by atoms with van der Waals surface area (Å²) < 4.78 is 5.89. The molecule has 25 heavy (non-hydrogen) atoms. The molecule has 0 N–H and O–H groups in total. The van der Waals surface area contributed by atoms with Crippen molar-refractivity contribution in [1.82, 2.24) is 15.0 Å². The number of hydrogen-bond donors (Lipinski definition) is 0. The molecule has 0 radical (unpaired) electrons. The van der Waals surface area contributed by atoms with Crippen molar-refractivity contribution in [3.63, 3.8) is 0 Å². The van der Waals surface area contributed by atoms with Crippen LogP contribution in [0.2, 0.25) is 0 Å². The van der Waals surface area contributed by atoms with Gasteiger partial charge in [-0.3, -0.25) is 4.98 Å². The van der Waals surface area contributed by atoms with E-state index in [9.17, 15) is 0 Å². The Labute approximate surface area is 152 Å². The maximum absolute atomic E-state index is 5.89. The summed E-state index contributed by atoms with van der Waals surface area (Å²) in [6.07, 6.45) is 7.24. The normalized spacial score (nSPS) is 11.6. The summed E-state index contributed by atoms with van der Waals surface area (Å²) in [6, 6.07) is 6.04. The van der Waals surface area contributed by atoms with Crippen LogP contribution in [0, 0.1) is 0 Å². The molecule has 2 aromatic rings. The third kappa shape index (κ3) is 5.80. The van der Waals surface area contributed by atoms with Gasteiger partial charge in [0.15, 0.2) is 5.82 Å². The third-order valence-corrected chi connectivity index (χ3v) is 4.05. The first kappa shape index (κ1) is 19.4. The number of aromatic nitrogens is 3. The highest BCUT2D eigenvalue weighted by molar-refractivity contribution is 5.56. The van der Waals surface area contributed by atoms with E-state index < -0.39 is 0 Å². The predicted molar refractivity (Wildman–Crippen MR) is 103 cm³/mol. The Morgan fingerprint density at radius 3 is 2.48 bits per heavy atom. The molecule has 4 heteroatoms. The molecule has 0 spiro atoms. The molecule has 0 fully saturated rings.